The van der Waals surface area contributed by atoms with E-state index in [9.17, 15) is 22.8 Å². The Hall–Kier alpha value is -4.56. The monoisotopic (exact) mass is 482 g/mol. The normalized spacial score (nSPS) is 12.5. The predicted octanol–water partition coefficient (Wildman–Crippen LogP) is 4.52. The summed E-state index contributed by atoms with van der Waals surface area (Å²) in [6.07, 6.45) is 0. The number of benzene rings is 4. The molecule has 0 spiro atoms. The molecule has 0 fully saturated rings. The first-order valence-corrected chi connectivity index (χ1v) is 12.1. The molecule has 0 bridgehead atoms. The molecule has 0 aromatic heterocycles. The van der Waals surface area contributed by atoms with Crippen LogP contribution in [-0.2, 0) is 10.0 Å². The summed E-state index contributed by atoms with van der Waals surface area (Å²) in [5, 5.41) is 2.70. The molecule has 5 rings (SSSR count). The summed E-state index contributed by atoms with van der Waals surface area (Å²) in [7, 11) is -3.83. The Bertz CT molecular complexity index is 1610. The van der Waals surface area contributed by atoms with E-state index >= 15 is 0 Å². The number of fused-ring (bicyclic) bond motifs is 2. The second kappa shape index (κ2) is 8.66. The molecule has 2 N–H and O–H groups in total. The highest BCUT2D eigenvalue weighted by Gasteiger charge is 2.31. The van der Waals surface area contributed by atoms with E-state index in [-0.39, 0.29) is 50.1 Å². The van der Waals surface area contributed by atoms with Gasteiger partial charge in [0.25, 0.3) is 15.9 Å². The standard InChI is InChI=1S/C27H18N2O5S/c30-25-20-12-4-5-13-21(20)26(31)24-22(25)14-7-15-23(24)28-27(32)17-8-6-9-18(16-17)29-35(33,34)19-10-2-1-3-11-19/h1-16,29H,(H,28,32). The van der Waals surface area contributed by atoms with E-state index in [1.165, 1.54) is 30.3 Å². The summed E-state index contributed by atoms with van der Waals surface area (Å²) >= 11 is 0. The Morgan fingerprint density at radius 3 is 2.03 bits per heavy atom. The summed E-state index contributed by atoms with van der Waals surface area (Å²) < 4.78 is 27.7. The molecule has 0 aliphatic heterocycles. The summed E-state index contributed by atoms with van der Waals surface area (Å²) in [6.45, 7) is 0. The third-order valence-electron chi connectivity index (χ3n) is 5.63. The van der Waals surface area contributed by atoms with Crippen LogP contribution in [0.3, 0.4) is 0 Å². The van der Waals surface area contributed by atoms with Crippen molar-refractivity contribution in [2.75, 3.05) is 10.0 Å². The molecule has 172 valence electrons. The summed E-state index contributed by atoms with van der Waals surface area (Å²) in [5.74, 6) is -1.20. The summed E-state index contributed by atoms with van der Waals surface area (Å²) in [5.41, 5.74) is 1.54. The lowest BCUT2D eigenvalue weighted by Gasteiger charge is -2.20. The van der Waals surface area contributed by atoms with Gasteiger partial charge in [0.15, 0.2) is 11.6 Å². The maximum absolute atomic E-state index is 13.2. The van der Waals surface area contributed by atoms with Gasteiger partial charge in [-0.3, -0.25) is 19.1 Å². The van der Waals surface area contributed by atoms with Crippen molar-refractivity contribution in [2.45, 2.75) is 4.90 Å². The van der Waals surface area contributed by atoms with Gasteiger partial charge < -0.3 is 5.32 Å². The predicted molar refractivity (Wildman–Crippen MR) is 131 cm³/mol. The molecule has 8 heteroatoms. The van der Waals surface area contributed by atoms with Crippen LogP contribution in [0.25, 0.3) is 0 Å². The zero-order valence-electron chi connectivity index (χ0n) is 18.2. The Balaban J connectivity index is 1.43. The zero-order chi connectivity index (χ0) is 24.6. The Morgan fingerprint density at radius 2 is 1.29 bits per heavy atom. The van der Waals surface area contributed by atoms with Crippen LogP contribution in [0.2, 0.25) is 0 Å². The van der Waals surface area contributed by atoms with Crippen molar-refractivity contribution in [1.29, 1.82) is 0 Å². The number of carbonyl (C=O) groups excluding carboxylic acids is 3. The van der Waals surface area contributed by atoms with Gasteiger partial charge in [-0.05, 0) is 36.4 Å². The topological polar surface area (TPSA) is 109 Å². The van der Waals surface area contributed by atoms with Crippen molar-refractivity contribution < 1.29 is 22.8 Å². The molecule has 0 atom stereocenters. The SMILES string of the molecule is O=C(Nc1cccc2c1C(=O)c1ccccc1C2=O)c1cccc(NS(=O)(=O)c2ccccc2)c1. The minimum absolute atomic E-state index is 0.0919. The molecule has 1 amide bonds. The molecule has 0 saturated heterocycles. The van der Waals surface area contributed by atoms with Crippen LogP contribution >= 0.6 is 0 Å². The Labute approximate surface area is 201 Å². The molecule has 0 heterocycles. The number of nitrogens with one attached hydrogen (secondary N) is 2. The van der Waals surface area contributed by atoms with Crippen LogP contribution in [-0.4, -0.2) is 25.9 Å². The molecular formula is C27H18N2O5S. The quantitative estimate of drug-likeness (QED) is 0.383. The van der Waals surface area contributed by atoms with E-state index < -0.39 is 15.9 Å². The van der Waals surface area contributed by atoms with Gasteiger partial charge >= 0.3 is 0 Å². The third kappa shape index (κ3) is 4.11. The lowest BCUT2D eigenvalue weighted by atomic mass is 9.83. The number of anilines is 2. The second-order valence-corrected chi connectivity index (χ2v) is 9.57. The largest absolute Gasteiger partial charge is 0.321 e. The minimum atomic E-state index is -3.83. The highest BCUT2D eigenvalue weighted by molar-refractivity contribution is 7.92. The minimum Gasteiger partial charge on any atom is -0.321 e. The average molecular weight is 483 g/mol. The van der Waals surface area contributed by atoms with Crippen molar-refractivity contribution in [2.24, 2.45) is 0 Å². The fourth-order valence-corrected chi connectivity index (χ4v) is 5.05. The van der Waals surface area contributed by atoms with E-state index in [2.05, 4.69) is 10.0 Å². The molecule has 35 heavy (non-hydrogen) atoms. The molecule has 0 unspecified atom stereocenters. The van der Waals surface area contributed by atoms with Gasteiger partial charge in [0, 0.05) is 27.9 Å². The number of ketones is 2. The van der Waals surface area contributed by atoms with Crippen LogP contribution in [0.1, 0.15) is 42.2 Å². The van der Waals surface area contributed by atoms with Gasteiger partial charge in [0.05, 0.1) is 16.1 Å². The maximum Gasteiger partial charge on any atom is 0.261 e. The molecule has 4 aromatic carbocycles. The molecular weight excluding hydrogens is 464 g/mol. The van der Waals surface area contributed by atoms with E-state index in [0.717, 1.165) is 0 Å². The van der Waals surface area contributed by atoms with E-state index in [1.807, 2.05) is 0 Å². The second-order valence-electron chi connectivity index (χ2n) is 7.89. The van der Waals surface area contributed by atoms with Crippen LogP contribution in [0.15, 0.2) is 102 Å². The number of sulfonamides is 1. The molecule has 0 saturated carbocycles. The van der Waals surface area contributed by atoms with Crippen LogP contribution < -0.4 is 10.0 Å². The Morgan fingerprint density at radius 1 is 0.657 bits per heavy atom. The van der Waals surface area contributed by atoms with E-state index in [4.69, 9.17) is 0 Å². The van der Waals surface area contributed by atoms with Gasteiger partial charge in [-0.25, -0.2) is 8.42 Å². The smallest absolute Gasteiger partial charge is 0.261 e. The lowest BCUT2D eigenvalue weighted by molar-refractivity contribution is 0.0978. The van der Waals surface area contributed by atoms with E-state index in [0.29, 0.717) is 5.56 Å². The van der Waals surface area contributed by atoms with Crippen molar-refractivity contribution >= 4 is 38.9 Å². The fourth-order valence-electron chi connectivity index (χ4n) is 3.98. The first-order valence-electron chi connectivity index (χ1n) is 10.7. The molecule has 7 nitrogen and oxygen atoms in total. The molecule has 0 radical (unpaired) electrons. The van der Waals surface area contributed by atoms with Gasteiger partial charge in [-0.1, -0.05) is 60.7 Å². The van der Waals surface area contributed by atoms with Gasteiger partial charge in [0.2, 0.25) is 0 Å². The first-order chi connectivity index (χ1) is 16.8. The van der Waals surface area contributed by atoms with Gasteiger partial charge in [-0.2, -0.15) is 0 Å². The molecule has 1 aliphatic carbocycles. The number of carbonyl (C=O) groups is 3. The first kappa shape index (κ1) is 22.2. The van der Waals surface area contributed by atoms with Crippen LogP contribution in [0.4, 0.5) is 11.4 Å². The highest BCUT2D eigenvalue weighted by atomic mass is 32.2. The number of rotatable bonds is 5. The maximum atomic E-state index is 13.2. The van der Waals surface area contributed by atoms with Crippen molar-refractivity contribution in [3.63, 3.8) is 0 Å². The number of hydrogen-bond acceptors (Lipinski definition) is 5. The third-order valence-corrected chi connectivity index (χ3v) is 7.03. The summed E-state index contributed by atoms with van der Waals surface area (Å²) in [4.78, 5) is 39.2. The van der Waals surface area contributed by atoms with E-state index in [1.54, 1.807) is 66.7 Å². The van der Waals surface area contributed by atoms with Crippen molar-refractivity contribution in [1.82, 2.24) is 0 Å². The van der Waals surface area contributed by atoms with Crippen molar-refractivity contribution in [3.8, 4) is 0 Å². The van der Waals surface area contributed by atoms with Crippen LogP contribution in [0, 0.1) is 0 Å². The fraction of sp³-hybridized carbons (Fsp3) is 0. The molecule has 4 aromatic rings. The lowest BCUT2D eigenvalue weighted by Crippen LogP contribution is -2.24. The Kier molecular flexibility index (Phi) is 5.50. The van der Waals surface area contributed by atoms with Crippen LogP contribution in [0.5, 0.6) is 0 Å². The number of hydrogen-bond donors (Lipinski definition) is 2. The average Bonchev–Trinajstić information content (AvgIpc) is 2.87. The van der Waals surface area contributed by atoms with Crippen molar-refractivity contribution in [3.05, 3.63) is 125 Å². The van der Waals surface area contributed by atoms with Gasteiger partial charge in [0.1, 0.15) is 0 Å². The summed E-state index contributed by atoms with van der Waals surface area (Å²) in [6, 6.07) is 25.1. The zero-order valence-corrected chi connectivity index (χ0v) is 19.0. The molecule has 1 aliphatic rings. The van der Waals surface area contributed by atoms with Gasteiger partial charge in [-0.15, -0.1) is 0 Å². The number of amides is 1. The highest BCUT2D eigenvalue weighted by Crippen LogP contribution is 2.32.